The van der Waals surface area contributed by atoms with E-state index in [2.05, 4.69) is 37.9 Å². The Morgan fingerprint density at radius 1 is 1.07 bits per heavy atom. The topological polar surface area (TPSA) is 108 Å². The Kier molecular flexibility index (Phi) is 7.01. The number of rotatable bonds is 5. The number of nitrogens with zero attached hydrogens (tertiary/aromatic N) is 7. The summed E-state index contributed by atoms with van der Waals surface area (Å²) in [5.41, 5.74) is 4.01. The number of aryl methyl sites for hydroxylation is 3. The second-order valence-electron chi connectivity index (χ2n) is 11.3. The summed E-state index contributed by atoms with van der Waals surface area (Å²) in [5, 5.41) is 4.60. The molecule has 1 atom stereocenters. The number of ether oxygens (including phenoxy) is 1. The van der Waals surface area contributed by atoms with Crippen LogP contribution in [-0.2, 0) is 13.0 Å². The van der Waals surface area contributed by atoms with E-state index in [1.165, 1.54) is 4.57 Å². The van der Waals surface area contributed by atoms with Gasteiger partial charge in [-0.3, -0.25) is 9.59 Å². The second kappa shape index (κ2) is 10.5. The predicted octanol–water partition coefficient (Wildman–Crippen LogP) is 4.66. The summed E-state index contributed by atoms with van der Waals surface area (Å²) in [6.45, 7) is 10.1. The van der Waals surface area contributed by atoms with Crippen LogP contribution in [0, 0.1) is 26.7 Å². The van der Waals surface area contributed by atoms with Crippen molar-refractivity contribution < 1.29 is 9.53 Å². The van der Waals surface area contributed by atoms with Gasteiger partial charge in [0.05, 0.1) is 36.4 Å². The van der Waals surface area contributed by atoms with E-state index in [1.807, 2.05) is 52.0 Å². The molecule has 0 saturated heterocycles. The average Bonchev–Trinajstić information content (AvgIpc) is 3.27. The molecular formula is C30H32BrN7O3. The fourth-order valence-corrected chi connectivity index (χ4v) is 5.86. The first kappa shape index (κ1) is 27.3. The van der Waals surface area contributed by atoms with Gasteiger partial charge in [0, 0.05) is 27.3 Å². The zero-order chi connectivity index (χ0) is 29.0. The van der Waals surface area contributed by atoms with Crippen LogP contribution in [0.1, 0.15) is 65.3 Å². The molecule has 6 rings (SSSR count). The Balaban J connectivity index is 1.41. The first-order valence-corrected chi connectivity index (χ1v) is 14.6. The van der Waals surface area contributed by atoms with E-state index in [1.54, 1.807) is 22.0 Å². The Bertz CT molecular complexity index is 1710. The number of hydrogen-bond acceptors (Lipinski definition) is 7. The molecule has 1 saturated carbocycles. The molecule has 0 spiro atoms. The predicted molar refractivity (Wildman–Crippen MR) is 157 cm³/mol. The molecule has 1 aliphatic heterocycles. The van der Waals surface area contributed by atoms with Crippen molar-refractivity contribution in [3.05, 3.63) is 85.3 Å². The maximum Gasteiger partial charge on any atom is 0.265 e. The smallest absolute Gasteiger partial charge is 0.265 e. The average molecular weight is 619 g/mol. The number of halogens is 1. The van der Waals surface area contributed by atoms with Crippen LogP contribution in [0.3, 0.4) is 0 Å². The minimum atomic E-state index is -0.266. The Labute approximate surface area is 246 Å². The van der Waals surface area contributed by atoms with Gasteiger partial charge in [0.15, 0.2) is 5.75 Å². The van der Waals surface area contributed by atoms with Gasteiger partial charge in [-0.25, -0.2) is 24.2 Å². The first-order valence-electron chi connectivity index (χ1n) is 13.8. The highest BCUT2D eigenvalue weighted by Gasteiger charge is 2.33. The van der Waals surface area contributed by atoms with Gasteiger partial charge in [0.1, 0.15) is 0 Å². The molecular weight excluding hydrogens is 586 g/mol. The van der Waals surface area contributed by atoms with Crippen LogP contribution in [0.2, 0.25) is 0 Å². The number of benzene rings is 1. The summed E-state index contributed by atoms with van der Waals surface area (Å²) in [4.78, 5) is 43.4. The van der Waals surface area contributed by atoms with E-state index in [0.717, 1.165) is 34.3 Å². The van der Waals surface area contributed by atoms with Gasteiger partial charge in [-0.1, -0.05) is 22.9 Å². The molecule has 10 nitrogen and oxygen atoms in total. The van der Waals surface area contributed by atoms with E-state index < -0.39 is 0 Å². The SMILES string of the molecule is Cc1cc(C)n(-c2nc3c(c(=O)n2-c2ncc(O[C@H]4C[C@@H](C)C4)cn2)C[C@@H](C)N(C(=O)c2ccc(Br)c(C)c2)C3)n1. The number of aromatic nitrogens is 6. The molecule has 0 N–H and O–H groups in total. The minimum absolute atomic E-state index is 0.0998. The van der Waals surface area contributed by atoms with E-state index in [0.29, 0.717) is 34.9 Å². The molecule has 3 aromatic heterocycles. The zero-order valence-electron chi connectivity index (χ0n) is 23.8. The van der Waals surface area contributed by atoms with Crippen molar-refractivity contribution in [3.8, 4) is 17.6 Å². The van der Waals surface area contributed by atoms with Crippen LogP contribution in [0.4, 0.5) is 0 Å². The standard InChI is InChI=1S/C30H32BrN7O3/c1-16-8-22(9-16)41-23-13-32-29(33-14-23)37-28(40)24-12-19(4)36(27(39)21-6-7-25(31)17(2)10-21)15-26(24)34-30(37)38-20(5)11-18(3)35-38/h6-7,10-11,13-14,16,19,22H,8-9,12,15H2,1-5H3/t16-,19-,22+/m1/s1. The lowest BCUT2D eigenvalue weighted by Gasteiger charge is -2.34. The first-order chi connectivity index (χ1) is 19.6. The van der Waals surface area contributed by atoms with Gasteiger partial charge in [0.2, 0.25) is 11.9 Å². The fraction of sp³-hybridized carbons (Fsp3) is 0.400. The van der Waals surface area contributed by atoms with Crippen LogP contribution in [0.5, 0.6) is 5.75 Å². The van der Waals surface area contributed by atoms with Gasteiger partial charge in [-0.05, 0) is 82.7 Å². The lowest BCUT2D eigenvalue weighted by molar-refractivity contribution is 0.0652. The van der Waals surface area contributed by atoms with Crippen molar-refractivity contribution in [3.63, 3.8) is 0 Å². The highest BCUT2D eigenvalue weighted by atomic mass is 79.9. The molecule has 1 amide bonds. The third kappa shape index (κ3) is 5.07. The van der Waals surface area contributed by atoms with Crippen molar-refractivity contribution in [1.29, 1.82) is 0 Å². The highest BCUT2D eigenvalue weighted by Crippen LogP contribution is 2.30. The molecule has 11 heteroatoms. The second-order valence-corrected chi connectivity index (χ2v) is 12.2. The Morgan fingerprint density at radius 2 is 1.80 bits per heavy atom. The van der Waals surface area contributed by atoms with Gasteiger partial charge >= 0.3 is 0 Å². The molecule has 1 aromatic carbocycles. The summed E-state index contributed by atoms with van der Waals surface area (Å²) in [6, 6.07) is 7.28. The van der Waals surface area contributed by atoms with E-state index in [9.17, 15) is 9.59 Å². The van der Waals surface area contributed by atoms with Gasteiger partial charge in [0.25, 0.3) is 11.5 Å². The Hall–Kier alpha value is -3.86. The largest absolute Gasteiger partial charge is 0.487 e. The summed E-state index contributed by atoms with van der Waals surface area (Å²) in [6.07, 6.45) is 5.76. The van der Waals surface area contributed by atoms with Crippen LogP contribution in [0.15, 0.2) is 45.9 Å². The summed E-state index contributed by atoms with van der Waals surface area (Å²) in [7, 11) is 0. The third-order valence-electron chi connectivity index (χ3n) is 7.91. The maximum atomic E-state index is 14.1. The van der Waals surface area contributed by atoms with Crippen molar-refractivity contribution in [2.45, 2.75) is 72.6 Å². The Morgan fingerprint density at radius 3 is 2.44 bits per heavy atom. The third-order valence-corrected chi connectivity index (χ3v) is 8.80. The molecule has 0 radical (unpaired) electrons. The molecule has 1 aliphatic carbocycles. The van der Waals surface area contributed by atoms with Gasteiger partial charge in [-0.2, -0.15) is 5.10 Å². The normalized spacial score (nSPS) is 20.0. The van der Waals surface area contributed by atoms with Crippen molar-refractivity contribution in [2.75, 3.05) is 0 Å². The quantitative estimate of drug-likeness (QED) is 0.320. The zero-order valence-corrected chi connectivity index (χ0v) is 25.3. The number of fused-ring (bicyclic) bond motifs is 1. The molecule has 212 valence electrons. The van der Waals surface area contributed by atoms with Crippen LogP contribution in [0.25, 0.3) is 11.9 Å². The lowest BCUT2D eigenvalue weighted by atomic mass is 9.84. The van der Waals surface area contributed by atoms with Crippen LogP contribution in [-0.4, -0.2) is 52.3 Å². The van der Waals surface area contributed by atoms with Gasteiger partial charge < -0.3 is 9.64 Å². The highest BCUT2D eigenvalue weighted by molar-refractivity contribution is 9.10. The van der Waals surface area contributed by atoms with Crippen LogP contribution >= 0.6 is 15.9 Å². The number of carbonyl (C=O) groups excluding carboxylic acids is 1. The van der Waals surface area contributed by atoms with Crippen molar-refractivity contribution in [1.82, 2.24) is 34.2 Å². The van der Waals surface area contributed by atoms with E-state index >= 15 is 0 Å². The summed E-state index contributed by atoms with van der Waals surface area (Å²) in [5.74, 6) is 1.61. The monoisotopic (exact) mass is 617 g/mol. The van der Waals surface area contributed by atoms with Gasteiger partial charge in [-0.15, -0.1) is 0 Å². The maximum absolute atomic E-state index is 14.1. The molecule has 0 unspecified atom stereocenters. The van der Waals surface area contributed by atoms with E-state index in [4.69, 9.17) is 9.72 Å². The molecule has 4 aromatic rings. The lowest BCUT2D eigenvalue weighted by Crippen LogP contribution is -2.46. The molecule has 1 fully saturated rings. The van der Waals surface area contributed by atoms with Crippen molar-refractivity contribution >= 4 is 21.8 Å². The fourth-order valence-electron chi connectivity index (χ4n) is 5.62. The number of amides is 1. The molecule has 2 aliphatic rings. The molecule has 41 heavy (non-hydrogen) atoms. The minimum Gasteiger partial charge on any atom is -0.487 e. The molecule has 0 bridgehead atoms. The molecule has 4 heterocycles. The number of carbonyl (C=O) groups is 1. The summed E-state index contributed by atoms with van der Waals surface area (Å²) >= 11 is 3.50. The van der Waals surface area contributed by atoms with Crippen LogP contribution < -0.4 is 10.3 Å². The number of hydrogen-bond donors (Lipinski definition) is 0. The van der Waals surface area contributed by atoms with Crippen molar-refractivity contribution in [2.24, 2.45) is 5.92 Å². The summed E-state index contributed by atoms with van der Waals surface area (Å²) < 4.78 is 9.97. The van der Waals surface area contributed by atoms with E-state index in [-0.39, 0.29) is 42.1 Å².